The van der Waals surface area contributed by atoms with E-state index < -0.39 is 0 Å². The number of ether oxygens (including phenoxy) is 1. The maximum absolute atomic E-state index is 5.91. The summed E-state index contributed by atoms with van der Waals surface area (Å²) in [6.45, 7) is 3.41. The largest absolute Gasteiger partial charge is 0.370 e. The Morgan fingerprint density at radius 3 is 2.75 bits per heavy atom. The lowest BCUT2D eigenvalue weighted by Gasteiger charge is -2.27. The first kappa shape index (κ1) is 14.0. The predicted octanol–water partition coefficient (Wildman–Crippen LogP) is 2.98. The van der Waals surface area contributed by atoms with Crippen LogP contribution in [0.15, 0.2) is 4.52 Å². The van der Waals surface area contributed by atoms with E-state index in [9.17, 15) is 0 Å². The fraction of sp³-hybridized carbons (Fsp3) is 0.867. The summed E-state index contributed by atoms with van der Waals surface area (Å²) in [5, 5.41) is 7.56. The number of rotatable bonds is 7. The molecule has 1 N–H and O–H groups in total. The van der Waals surface area contributed by atoms with E-state index in [4.69, 9.17) is 9.26 Å². The van der Waals surface area contributed by atoms with Gasteiger partial charge in [0.05, 0.1) is 6.54 Å². The molecule has 1 aromatic rings. The second-order valence-electron chi connectivity index (χ2n) is 5.98. The third-order valence-corrected chi connectivity index (χ3v) is 4.28. The number of hydrogen-bond acceptors (Lipinski definition) is 5. The van der Waals surface area contributed by atoms with Crippen molar-refractivity contribution < 1.29 is 9.26 Å². The summed E-state index contributed by atoms with van der Waals surface area (Å²) >= 11 is 0. The van der Waals surface area contributed by atoms with Gasteiger partial charge in [-0.05, 0) is 38.5 Å². The maximum atomic E-state index is 5.91. The topological polar surface area (TPSA) is 60.2 Å². The van der Waals surface area contributed by atoms with Crippen LogP contribution in [0.2, 0.25) is 0 Å². The van der Waals surface area contributed by atoms with Gasteiger partial charge in [0.25, 0.3) is 0 Å². The maximum Gasteiger partial charge on any atom is 0.240 e. The molecular formula is C15H25N3O2. The molecule has 0 spiro atoms. The number of nitrogens with one attached hydrogen (secondary N) is 1. The van der Waals surface area contributed by atoms with Gasteiger partial charge in [0, 0.05) is 12.6 Å². The van der Waals surface area contributed by atoms with Gasteiger partial charge in [0.15, 0.2) is 0 Å². The Kier molecular flexibility index (Phi) is 4.68. The lowest BCUT2D eigenvalue weighted by Crippen LogP contribution is -2.20. The molecule has 0 bridgehead atoms. The molecule has 1 aromatic heterocycles. The van der Waals surface area contributed by atoms with Gasteiger partial charge >= 0.3 is 0 Å². The van der Waals surface area contributed by atoms with Crippen molar-refractivity contribution in [3.05, 3.63) is 11.7 Å². The molecule has 0 saturated heterocycles. The zero-order chi connectivity index (χ0) is 13.8. The van der Waals surface area contributed by atoms with Crippen molar-refractivity contribution in [1.82, 2.24) is 15.5 Å². The lowest BCUT2D eigenvalue weighted by atomic mass is 9.85. The van der Waals surface area contributed by atoms with Gasteiger partial charge in [0.1, 0.15) is 6.10 Å². The molecule has 0 radical (unpaired) electrons. The van der Waals surface area contributed by atoms with Gasteiger partial charge in [-0.25, -0.2) is 0 Å². The van der Waals surface area contributed by atoms with Gasteiger partial charge in [-0.3, -0.25) is 0 Å². The zero-order valence-electron chi connectivity index (χ0n) is 12.3. The Morgan fingerprint density at radius 1 is 1.25 bits per heavy atom. The monoisotopic (exact) mass is 279 g/mol. The third-order valence-electron chi connectivity index (χ3n) is 4.28. The Hall–Kier alpha value is -0.940. The fourth-order valence-electron chi connectivity index (χ4n) is 3.01. The first-order valence-electron chi connectivity index (χ1n) is 8.04. The van der Waals surface area contributed by atoms with Gasteiger partial charge in [-0.2, -0.15) is 4.98 Å². The summed E-state index contributed by atoms with van der Waals surface area (Å²) in [5.74, 6) is 1.98. The second kappa shape index (κ2) is 6.68. The Balaban J connectivity index is 1.62. The highest BCUT2D eigenvalue weighted by Gasteiger charge is 2.29. The first-order chi connectivity index (χ1) is 9.86. The predicted molar refractivity (Wildman–Crippen MR) is 75.1 cm³/mol. The lowest BCUT2D eigenvalue weighted by molar-refractivity contribution is -0.00145. The van der Waals surface area contributed by atoms with Gasteiger partial charge in [0.2, 0.25) is 11.7 Å². The number of nitrogens with zero attached hydrogens (tertiary/aromatic N) is 2. The third kappa shape index (κ3) is 3.58. The molecule has 1 atom stereocenters. The van der Waals surface area contributed by atoms with Crippen LogP contribution >= 0.6 is 0 Å². The molecule has 1 heterocycles. The van der Waals surface area contributed by atoms with E-state index in [1.165, 1.54) is 44.9 Å². The highest BCUT2D eigenvalue weighted by atomic mass is 16.5. The molecule has 20 heavy (non-hydrogen) atoms. The summed E-state index contributed by atoms with van der Waals surface area (Å²) in [7, 11) is 0. The molecule has 5 nitrogen and oxygen atoms in total. The van der Waals surface area contributed by atoms with Crippen molar-refractivity contribution in [1.29, 1.82) is 0 Å². The molecule has 0 aromatic carbocycles. The van der Waals surface area contributed by atoms with E-state index in [-0.39, 0.29) is 6.10 Å². The van der Waals surface area contributed by atoms with Crippen LogP contribution in [0, 0.1) is 5.92 Å². The van der Waals surface area contributed by atoms with Gasteiger partial charge in [-0.15, -0.1) is 0 Å². The van der Waals surface area contributed by atoms with Crippen LogP contribution in [-0.4, -0.2) is 22.8 Å². The average molecular weight is 279 g/mol. The van der Waals surface area contributed by atoms with Crippen LogP contribution in [0.5, 0.6) is 0 Å². The van der Waals surface area contributed by atoms with Gasteiger partial charge < -0.3 is 14.6 Å². The average Bonchev–Trinajstić information content (AvgIpc) is 3.21. The Bertz CT molecular complexity index is 411. The first-order valence-corrected chi connectivity index (χ1v) is 8.04. The summed E-state index contributed by atoms with van der Waals surface area (Å²) < 4.78 is 11.3. The van der Waals surface area contributed by atoms with E-state index in [1.54, 1.807) is 0 Å². The van der Waals surface area contributed by atoms with E-state index >= 15 is 0 Å². The Morgan fingerprint density at radius 2 is 2.05 bits per heavy atom. The molecule has 1 unspecified atom stereocenters. The van der Waals surface area contributed by atoms with Crippen LogP contribution in [0.4, 0.5) is 0 Å². The zero-order valence-corrected chi connectivity index (χ0v) is 12.3. The quantitative estimate of drug-likeness (QED) is 0.831. The van der Waals surface area contributed by atoms with Crippen molar-refractivity contribution in [3.8, 4) is 0 Å². The smallest absolute Gasteiger partial charge is 0.240 e. The molecule has 0 aliphatic heterocycles. The van der Waals surface area contributed by atoms with Crippen LogP contribution in [0.25, 0.3) is 0 Å². The molecule has 2 fully saturated rings. The molecule has 2 saturated carbocycles. The minimum Gasteiger partial charge on any atom is -0.370 e. The summed E-state index contributed by atoms with van der Waals surface area (Å²) in [5.41, 5.74) is 0. The van der Waals surface area contributed by atoms with Crippen molar-refractivity contribution in [2.75, 3.05) is 6.61 Å². The fourth-order valence-corrected chi connectivity index (χ4v) is 3.01. The van der Waals surface area contributed by atoms with E-state index in [0.717, 1.165) is 5.82 Å². The van der Waals surface area contributed by atoms with Crippen LogP contribution in [0.3, 0.4) is 0 Å². The highest BCUT2D eigenvalue weighted by molar-refractivity contribution is 4.96. The molecule has 2 aliphatic carbocycles. The standard InChI is InChI=1S/C15H25N3O2/c1-2-19-14(11-6-4-3-5-7-11)15-17-13(20-18-15)10-16-12-8-9-12/h11-12,14,16H,2-10H2,1H3. The highest BCUT2D eigenvalue weighted by Crippen LogP contribution is 2.35. The van der Waals surface area contributed by atoms with Crippen molar-refractivity contribution in [2.45, 2.75) is 70.6 Å². The molecular weight excluding hydrogens is 254 g/mol. The minimum atomic E-state index is 0.0127. The van der Waals surface area contributed by atoms with E-state index in [0.29, 0.717) is 31.0 Å². The summed E-state index contributed by atoms with van der Waals surface area (Å²) in [6.07, 6.45) is 8.92. The molecule has 0 amide bonds. The van der Waals surface area contributed by atoms with Crippen molar-refractivity contribution in [3.63, 3.8) is 0 Å². The van der Waals surface area contributed by atoms with E-state index in [1.807, 2.05) is 6.92 Å². The molecule has 112 valence electrons. The number of aromatic nitrogens is 2. The normalized spacial score (nSPS) is 22.1. The molecule has 3 rings (SSSR count). The second-order valence-corrected chi connectivity index (χ2v) is 5.98. The van der Waals surface area contributed by atoms with Crippen molar-refractivity contribution in [2.24, 2.45) is 5.92 Å². The van der Waals surface area contributed by atoms with Crippen LogP contribution < -0.4 is 5.32 Å². The van der Waals surface area contributed by atoms with E-state index in [2.05, 4.69) is 15.5 Å². The Labute approximate surface area is 120 Å². The molecule has 2 aliphatic rings. The SMILES string of the molecule is CCOC(c1noc(CNC2CC2)n1)C1CCCCC1. The van der Waals surface area contributed by atoms with Crippen LogP contribution in [-0.2, 0) is 11.3 Å². The van der Waals surface area contributed by atoms with Crippen molar-refractivity contribution >= 4 is 0 Å². The van der Waals surface area contributed by atoms with Gasteiger partial charge in [-0.1, -0.05) is 24.4 Å². The summed E-state index contributed by atoms with van der Waals surface area (Å²) in [6, 6.07) is 0.659. The minimum absolute atomic E-state index is 0.0127. The summed E-state index contributed by atoms with van der Waals surface area (Å²) in [4.78, 5) is 4.54. The molecule has 5 heteroatoms. The van der Waals surface area contributed by atoms with Crippen LogP contribution in [0.1, 0.15) is 69.7 Å². The number of hydrogen-bond donors (Lipinski definition) is 1.